The third-order valence-corrected chi connectivity index (χ3v) is 3.93. The molecule has 0 fully saturated rings. The molecule has 0 aliphatic rings. The topological polar surface area (TPSA) is 43.4 Å². The number of ether oxygens (including phenoxy) is 1. The highest BCUT2D eigenvalue weighted by Crippen LogP contribution is 2.16. The van der Waals surface area contributed by atoms with Gasteiger partial charge in [-0.3, -0.25) is 4.79 Å². The summed E-state index contributed by atoms with van der Waals surface area (Å²) >= 11 is 0. The highest BCUT2D eigenvalue weighted by atomic mass is 19.1. The molecule has 0 aliphatic carbocycles. The number of allylic oxidation sites excluding steroid dienone is 1. The Kier molecular flexibility index (Phi) is 5.57. The Balaban J connectivity index is 1.62. The molecule has 0 aromatic heterocycles. The van der Waals surface area contributed by atoms with Crippen LogP contribution in [0.3, 0.4) is 0 Å². The van der Waals surface area contributed by atoms with Gasteiger partial charge in [-0.1, -0.05) is 48.0 Å². The summed E-state index contributed by atoms with van der Waals surface area (Å²) in [4.78, 5) is 24.1. The van der Waals surface area contributed by atoms with Gasteiger partial charge in [0.1, 0.15) is 11.6 Å². The molecule has 134 valence electrons. The lowest BCUT2D eigenvalue weighted by molar-refractivity contribution is 0.0734. The van der Waals surface area contributed by atoms with Gasteiger partial charge in [-0.15, -0.1) is 0 Å². The molecule has 27 heavy (non-hydrogen) atoms. The Morgan fingerprint density at radius 3 is 2.04 bits per heavy atom. The zero-order valence-electron chi connectivity index (χ0n) is 14.7. The van der Waals surface area contributed by atoms with Crippen LogP contribution in [0.25, 0.3) is 6.08 Å². The number of hydrogen-bond donors (Lipinski definition) is 0. The molecular formula is C23H17FO3. The fraction of sp³-hybridized carbons (Fsp3) is 0.0435. The SMILES string of the molecule is Cc1ccc(C(=O)C=Cc2ccc(OC(=O)c3ccc(F)cc3)cc2)cc1. The molecule has 0 radical (unpaired) electrons. The van der Waals surface area contributed by atoms with E-state index in [1.54, 1.807) is 42.5 Å². The number of halogens is 1. The minimum Gasteiger partial charge on any atom is -0.423 e. The van der Waals surface area contributed by atoms with Crippen LogP contribution in [0.1, 0.15) is 31.8 Å². The van der Waals surface area contributed by atoms with Crippen LogP contribution < -0.4 is 4.74 Å². The molecule has 3 aromatic rings. The molecule has 0 bridgehead atoms. The van der Waals surface area contributed by atoms with Crippen molar-refractivity contribution in [3.05, 3.63) is 107 Å². The minimum atomic E-state index is -0.562. The predicted molar refractivity (Wildman–Crippen MR) is 102 cm³/mol. The van der Waals surface area contributed by atoms with Crippen LogP contribution in [0.15, 0.2) is 78.9 Å². The van der Waals surface area contributed by atoms with Gasteiger partial charge in [0.15, 0.2) is 5.78 Å². The largest absolute Gasteiger partial charge is 0.423 e. The fourth-order valence-electron chi connectivity index (χ4n) is 2.38. The first-order chi connectivity index (χ1) is 13.0. The van der Waals surface area contributed by atoms with Gasteiger partial charge in [-0.05, 0) is 55.0 Å². The molecule has 0 saturated heterocycles. The molecule has 3 nitrogen and oxygen atoms in total. The quantitative estimate of drug-likeness (QED) is 0.270. The second-order valence-electron chi connectivity index (χ2n) is 6.03. The van der Waals surface area contributed by atoms with Crippen molar-refractivity contribution in [2.75, 3.05) is 0 Å². The summed E-state index contributed by atoms with van der Waals surface area (Å²) in [7, 11) is 0. The molecule has 3 aromatic carbocycles. The first-order valence-corrected chi connectivity index (χ1v) is 8.38. The smallest absolute Gasteiger partial charge is 0.343 e. The molecule has 0 aliphatic heterocycles. The van der Waals surface area contributed by atoms with Gasteiger partial charge in [0.25, 0.3) is 0 Å². The average molecular weight is 360 g/mol. The highest BCUT2D eigenvalue weighted by Gasteiger charge is 2.08. The Labute approximate surface area is 156 Å². The van der Waals surface area contributed by atoms with E-state index in [0.29, 0.717) is 11.3 Å². The average Bonchev–Trinajstić information content (AvgIpc) is 2.68. The number of carbonyl (C=O) groups excluding carboxylic acids is 2. The van der Waals surface area contributed by atoms with Gasteiger partial charge in [0, 0.05) is 5.56 Å². The molecule has 0 amide bonds. The Morgan fingerprint density at radius 2 is 1.41 bits per heavy atom. The summed E-state index contributed by atoms with van der Waals surface area (Å²) in [6.07, 6.45) is 3.21. The van der Waals surface area contributed by atoms with Gasteiger partial charge in [-0.2, -0.15) is 0 Å². The summed E-state index contributed by atoms with van der Waals surface area (Å²) in [5, 5.41) is 0. The van der Waals surface area contributed by atoms with Crippen molar-refractivity contribution in [1.29, 1.82) is 0 Å². The normalized spacial score (nSPS) is 10.7. The van der Waals surface area contributed by atoms with Crippen molar-refractivity contribution < 1.29 is 18.7 Å². The number of rotatable bonds is 5. The third kappa shape index (κ3) is 4.98. The second kappa shape index (κ2) is 8.23. The molecule has 0 heterocycles. The van der Waals surface area contributed by atoms with Gasteiger partial charge in [-0.25, -0.2) is 9.18 Å². The van der Waals surface area contributed by atoms with Crippen LogP contribution in [-0.4, -0.2) is 11.8 Å². The molecule has 0 N–H and O–H groups in total. The van der Waals surface area contributed by atoms with E-state index in [1.165, 1.54) is 30.3 Å². The zero-order chi connectivity index (χ0) is 19.2. The summed E-state index contributed by atoms with van der Waals surface area (Å²) in [5.41, 5.74) is 2.80. The molecule has 0 spiro atoms. The number of benzene rings is 3. The summed E-state index contributed by atoms with van der Waals surface area (Å²) in [6, 6.07) is 19.3. The fourth-order valence-corrected chi connectivity index (χ4v) is 2.38. The molecule has 0 unspecified atom stereocenters. The molecule has 3 rings (SSSR count). The van der Waals surface area contributed by atoms with Gasteiger partial charge in [0.05, 0.1) is 5.56 Å². The van der Waals surface area contributed by atoms with Crippen molar-refractivity contribution in [2.45, 2.75) is 6.92 Å². The third-order valence-electron chi connectivity index (χ3n) is 3.93. The van der Waals surface area contributed by atoms with Crippen LogP contribution in [-0.2, 0) is 0 Å². The summed E-state index contributed by atoms with van der Waals surface area (Å²) in [5.74, 6) is -0.691. The zero-order valence-corrected chi connectivity index (χ0v) is 14.7. The van der Waals surface area contributed by atoms with Crippen molar-refractivity contribution in [3.8, 4) is 5.75 Å². The van der Waals surface area contributed by atoms with E-state index in [2.05, 4.69) is 0 Å². The molecule has 4 heteroatoms. The lowest BCUT2D eigenvalue weighted by Crippen LogP contribution is -2.08. The monoisotopic (exact) mass is 360 g/mol. The lowest BCUT2D eigenvalue weighted by atomic mass is 10.1. The van der Waals surface area contributed by atoms with Crippen LogP contribution in [0.4, 0.5) is 4.39 Å². The molecule has 0 saturated carbocycles. The van der Waals surface area contributed by atoms with Crippen molar-refractivity contribution >= 4 is 17.8 Å². The van der Waals surface area contributed by atoms with Crippen LogP contribution in [0, 0.1) is 12.7 Å². The van der Waals surface area contributed by atoms with E-state index < -0.39 is 11.8 Å². The van der Waals surface area contributed by atoms with E-state index >= 15 is 0 Å². The number of carbonyl (C=O) groups is 2. The van der Waals surface area contributed by atoms with Crippen molar-refractivity contribution in [2.24, 2.45) is 0 Å². The number of aryl methyl sites for hydroxylation is 1. The van der Waals surface area contributed by atoms with E-state index in [-0.39, 0.29) is 11.3 Å². The summed E-state index contributed by atoms with van der Waals surface area (Å²) in [6.45, 7) is 1.97. The highest BCUT2D eigenvalue weighted by molar-refractivity contribution is 6.06. The van der Waals surface area contributed by atoms with E-state index in [9.17, 15) is 14.0 Å². The number of hydrogen-bond acceptors (Lipinski definition) is 3. The first kappa shape index (κ1) is 18.3. The molecule has 0 atom stereocenters. The maximum absolute atomic E-state index is 12.9. The minimum absolute atomic E-state index is 0.0817. The lowest BCUT2D eigenvalue weighted by Gasteiger charge is -2.04. The molecular weight excluding hydrogens is 343 g/mol. The standard InChI is InChI=1S/C23H17FO3/c1-16-2-7-18(8-3-16)22(25)15-6-17-4-13-21(14-5-17)27-23(26)19-9-11-20(24)12-10-19/h2-15H,1H3. The summed E-state index contributed by atoms with van der Waals surface area (Å²) < 4.78 is 18.1. The maximum Gasteiger partial charge on any atom is 0.343 e. The second-order valence-corrected chi connectivity index (χ2v) is 6.03. The van der Waals surface area contributed by atoms with Gasteiger partial charge >= 0.3 is 5.97 Å². The maximum atomic E-state index is 12.9. The van der Waals surface area contributed by atoms with Gasteiger partial charge < -0.3 is 4.74 Å². The van der Waals surface area contributed by atoms with E-state index in [1.807, 2.05) is 19.1 Å². The van der Waals surface area contributed by atoms with Gasteiger partial charge in [0.2, 0.25) is 0 Å². The van der Waals surface area contributed by atoms with E-state index in [0.717, 1.165) is 11.1 Å². The predicted octanol–water partition coefficient (Wildman–Crippen LogP) is 5.25. The Hall–Kier alpha value is -3.53. The first-order valence-electron chi connectivity index (χ1n) is 8.38. The van der Waals surface area contributed by atoms with E-state index in [4.69, 9.17) is 4.74 Å². The van der Waals surface area contributed by atoms with Crippen LogP contribution >= 0.6 is 0 Å². The number of esters is 1. The van der Waals surface area contributed by atoms with Crippen molar-refractivity contribution in [3.63, 3.8) is 0 Å². The van der Waals surface area contributed by atoms with Crippen molar-refractivity contribution in [1.82, 2.24) is 0 Å². The van der Waals surface area contributed by atoms with Crippen LogP contribution in [0.5, 0.6) is 5.75 Å². The Morgan fingerprint density at radius 1 is 0.815 bits per heavy atom. The van der Waals surface area contributed by atoms with Crippen LogP contribution in [0.2, 0.25) is 0 Å². The Bertz CT molecular complexity index is 970. The number of ketones is 1.